The normalized spacial score (nSPS) is 12.2. The van der Waals surface area contributed by atoms with E-state index < -0.39 is 0 Å². The Kier molecular flexibility index (Phi) is 4.24. The van der Waals surface area contributed by atoms with Crippen LogP contribution >= 0.6 is 0 Å². The van der Waals surface area contributed by atoms with E-state index in [4.69, 9.17) is 5.73 Å². The predicted octanol–water partition coefficient (Wildman–Crippen LogP) is 0.715. The van der Waals surface area contributed by atoms with Gasteiger partial charge in [-0.2, -0.15) is 0 Å². The van der Waals surface area contributed by atoms with Crippen LogP contribution in [0.1, 0.15) is 23.0 Å². The van der Waals surface area contributed by atoms with E-state index in [-0.39, 0.29) is 5.91 Å². The van der Waals surface area contributed by atoms with Crippen molar-refractivity contribution in [3.63, 3.8) is 0 Å². The molecule has 1 heterocycles. The molecule has 0 radical (unpaired) electrons. The van der Waals surface area contributed by atoms with Crippen LogP contribution in [0.15, 0.2) is 18.3 Å². The van der Waals surface area contributed by atoms with Gasteiger partial charge in [0.25, 0.3) is 5.91 Å². The lowest BCUT2D eigenvalue weighted by molar-refractivity contribution is 0.0948. The second-order valence-corrected chi connectivity index (χ2v) is 3.74. The molecule has 15 heavy (non-hydrogen) atoms. The smallest absolute Gasteiger partial charge is 0.251 e. The van der Waals surface area contributed by atoms with E-state index in [9.17, 15) is 4.79 Å². The lowest BCUT2D eigenvalue weighted by atomic mass is 10.1. The Balaban J connectivity index is 2.54. The molecule has 1 aromatic heterocycles. The Bertz CT molecular complexity index is 338. The lowest BCUT2D eigenvalue weighted by Crippen LogP contribution is -2.31. The molecule has 0 aliphatic rings. The van der Waals surface area contributed by atoms with Gasteiger partial charge in [0, 0.05) is 24.0 Å². The number of pyridine rings is 1. The van der Waals surface area contributed by atoms with Crippen LogP contribution in [0, 0.1) is 12.8 Å². The monoisotopic (exact) mass is 207 g/mol. The molecular formula is C11H17N3O. The van der Waals surface area contributed by atoms with Gasteiger partial charge in [-0.3, -0.25) is 9.78 Å². The van der Waals surface area contributed by atoms with Gasteiger partial charge in [-0.25, -0.2) is 0 Å². The zero-order valence-electron chi connectivity index (χ0n) is 9.16. The number of nitrogens with zero attached hydrogens (tertiary/aromatic N) is 1. The summed E-state index contributed by atoms with van der Waals surface area (Å²) in [6, 6.07) is 3.47. The van der Waals surface area contributed by atoms with Gasteiger partial charge in [0.1, 0.15) is 0 Å². The van der Waals surface area contributed by atoms with Crippen molar-refractivity contribution in [2.45, 2.75) is 13.8 Å². The van der Waals surface area contributed by atoms with Crippen molar-refractivity contribution in [2.75, 3.05) is 13.1 Å². The van der Waals surface area contributed by atoms with Crippen LogP contribution in [-0.4, -0.2) is 24.0 Å². The molecule has 1 unspecified atom stereocenters. The van der Waals surface area contributed by atoms with Crippen LogP contribution in [0.3, 0.4) is 0 Å². The first-order valence-electron chi connectivity index (χ1n) is 5.04. The standard InChI is InChI=1S/C11H17N3O/c1-8(6-12)7-14-11(15)10-3-4-13-9(2)5-10/h3-5,8H,6-7,12H2,1-2H3,(H,14,15). The number of carbonyl (C=O) groups is 1. The molecule has 0 fully saturated rings. The molecule has 1 rings (SSSR count). The molecule has 4 nitrogen and oxygen atoms in total. The summed E-state index contributed by atoms with van der Waals surface area (Å²) >= 11 is 0. The van der Waals surface area contributed by atoms with Gasteiger partial charge in [0.15, 0.2) is 0 Å². The fraction of sp³-hybridized carbons (Fsp3) is 0.455. The van der Waals surface area contributed by atoms with E-state index >= 15 is 0 Å². The zero-order chi connectivity index (χ0) is 11.3. The van der Waals surface area contributed by atoms with Crippen molar-refractivity contribution in [2.24, 2.45) is 11.7 Å². The van der Waals surface area contributed by atoms with Crippen molar-refractivity contribution < 1.29 is 4.79 Å². The SMILES string of the molecule is Cc1cc(C(=O)NCC(C)CN)ccn1. The number of amides is 1. The number of carbonyl (C=O) groups excluding carboxylic acids is 1. The molecular weight excluding hydrogens is 190 g/mol. The third-order valence-corrected chi connectivity index (χ3v) is 2.17. The third-order valence-electron chi connectivity index (χ3n) is 2.17. The molecule has 0 saturated carbocycles. The van der Waals surface area contributed by atoms with Crippen LogP contribution in [0.4, 0.5) is 0 Å². The molecule has 0 spiro atoms. The minimum absolute atomic E-state index is 0.0687. The maximum atomic E-state index is 11.6. The third kappa shape index (κ3) is 3.67. The van der Waals surface area contributed by atoms with Crippen molar-refractivity contribution in [3.05, 3.63) is 29.6 Å². The van der Waals surface area contributed by atoms with Crippen molar-refractivity contribution >= 4 is 5.91 Å². The maximum absolute atomic E-state index is 11.6. The highest BCUT2D eigenvalue weighted by Crippen LogP contribution is 2.00. The first-order chi connectivity index (χ1) is 7.13. The van der Waals surface area contributed by atoms with Crippen LogP contribution < -0.4 is 11.1 Å². The lowest BCUT2D eigenvalue weighted by Gasteiger charge is -2.10. The number of nitrogens with one attached hydrogen (secondary N) is 1. The van der Waals surface area contributed by atoms with E-state index in [0.717, 1.165) is 5.69 Å². The number of rotatable bonds is 4. The number of nitrogens with two attached hydrogens (primary N) is 1. The summed E-state index contributed by atoms with van der Waals surface area (Å²) < 4.78 is 0. The number of aryl methyl sites for hydroxylation is 1. The zero-order valence-corrected chi connectivity index (χ0v) is 9.16. The van der Waals surface area contributed by atoms with Crippen molar-refractivity contribution in [1.82, 2.24) is 10.3 Å². The van der Waals surface area contributed by atoms with Crippen molar-refractivity contribution in [3.8, 4) is 0 Å². The minimum atomic E-state index is -0.0687. The highest BCUT2D eigenvalue weighted by atomic mass is 16.1. The highest BCUT2D eigenvalue weighted by molar-refractivity contribution is 5.94. The fourth-order valence-electron chi connectivity index (χ4n) is 1.14. The van der Waals surface area contributed by atoms with E-state index in [1.54, 1.807) is 18.3 Å². The van der Waals surface area contributed by atoms with Crippen molar-refractivity contribution in [1.29, 1.82) is 0 Å². The maximum Gasteiger partial charge on any atom is 0.251 e. The molecule has 4 heteroatoms. The van der Waals surface area contributed by atoms with Gasteiger partial charge in [-0.1, -0.05) is 6.92 Å². The largest absolute Gasteiger partial charge is 0.352 e. The van der Waals surface area contributed by atoms with Crippen LogP contribution in [0.25, 0.3) is 0 Å². The van der Waals surface area contributed by atoms with Crippen LogP contribution in [0.2, 0.25) is 0 Å². The summed E-state index contributed by atoms with van der Waals surface area (Å²) in [6.07, 6.45) is 1.64. The molecule has 3 N–H and O–H groups in total. The van der Waals surface area contributed by atoms with Gasteiger partial charge in [-0.15, -0.1) is 0 Å². The Labute approximate surface area is 89.9 Å². The highest BCUT2D eigenvalue weighted by Gasteiger charge is 2.06. The summed E-state index contributed by atoms with van der Waals surface area (Å²) in [5, 5.41) is 2.83. The topological polar surface area (TPSA) is 68.0 Å². The van der Waals surface area contributed by atoms with Crippen LogP contribution in [0.5, 0.6) is 0 Å². The summed E-state index contributed by atoms with van der Waals surface area (Å²) in [6.45, 7) is 5.05. The Morgan fingerprint density at radius 3 is 3.00 bits per heavy atom. The number of aromatic nitrogens is 1. The van der Waals surface area contributed by atoms with E-state index in [2.05, 4.69) is 10.3 Å². The summed E-state index contributed by atoms with van der Waals surface area (Å²) in [4.78, 5) is 15.7. The molecule has 0 saturated heterocycles. The molecule has 0 aliphatic heterocycles. The summed E-state index contributed by atoms with van der Waals surface area (Å²) in [5.74, 6) is 0.234. The van der Waals surface area contributed by atoms with E-state index in [1.807, 2.05) is 13.8 Å². The first kappa shape index (κ1) is 11.7. The van der Waals surface area contributed by atoms with Gasteiger partial charge in [0.2, 0.25) is 0 Å². The van der Waals surface area contributed by atoms with Gasteiger partial charge < -0.3 is 11.1 Å². The molecule has 82 valence electrons. The molecule has 1 atom stereocenters. The van der Waals surface area contributed by atoms with E-state index in [1.165, 1.54) is 0 Å². The molecule has 0 aromatic carbocycles. The fourth-order valence-corrected chi connectivity index (χ4v) is 1.14. The Morgan fingerprint density at radius 1 is 1.67 bits per heavy atom. The summed E-state index contributed by atoms with van der Waals surface area (Å²) in [5.41, 5.74) is 6.95. The predicted molar refractivity (Wildman–Crippen MR) is 59.5 cm³/mol. The average Bonchev–Trinajstić information content (AvgIpc) is 2.25. The second-order valence-electron chi connectivity index (χ2n) is 3.74. The molecule has 0 aliphatic carbocycles. The molecule has 1 aromatic rings. The summed E-state index contributed by atoms with van der Waals surface area (Å²) in [7, 11) is 0. The molecule has 1 amide bonds. The second kappa shape index (κ2) is 5.46. The van der Waals surface area contributed by atoms with Gasteiger partial charge in [-0.05, 0) is 31.5 Å². The quantitative estimate of drug-likeness (QED) is 0.764. The van der Waals surface area contributed by atoms with Gasteiger partial charge >= 0.3 is 0 Å². The molecule has 0 bridgehead atoms. The van der Waals surface area contributed by atoms with E-state index in [0.29, 0.717) is 24.6 Å². The van der Waals surface area contributed by atoms with Gasteiger partial charge in [0.05, 0.1) is 0 Å². The minimum Gasteiger partial charge on any atom is -0.352 e. The number of hydrogen-bond donors (Lipinski definition) is 2. The Hall–Kier alpha value is -1.42. The Morgan fingerprint density at radius 2 is 2.40 bits per heavy atom. The first-order valence-corrected chi connectivity index (χ1v) is 5.04. The average molecular weight is 207 g/mol. The number of hydrogen-bond acceptors (Lipinski definition) is 3. The van der Waals surface area contributed by atoms with Crippen LogP contribution in [-0.2, 0) is 0 Å².